The summed E-state index contributed by atoms with van der Waals surface area (Å²) >= 11 is 12.1. The molecule has 0 bridgehead atoms. The first-order valence-corrected chi connectivity index (χ1v) is 13.1. The quantitative estimate of drug-likeness (QED) is 0.607. The van der Waals surface area contributed by atoms with Crippen LogP contribution in [0.4, 0.5) is 8.78 Å². The predicted octanol–water partition coefficient (Wildman–Crippen LogP) is 3.09. The van der Waals surface area contributed by atoms with Crippen LogP contribution in [0, 0.1) is 11.6 Å². The molecule has 1 fully saturated rings. The summed E-state index contributed by atoms with van der Waals surface area (Å²) in [4.78, 5) is 28.6. The Labute approximate surface area is 216 Å². The molecule has 2 aromatic carbocycles. The highest BCUT2D eigenvalue weighted by Crippen LogP contribution is 2.36. The van der Waals surface area contributed by atoms with Gasteiger partial charge in [-0.15, -0.1) is 0 Å². The van der Waals surface area contributed by atoms with E-state index in [0.29, 0.717) is 6.07 Å². The van der Waals surface area contributed by atoms with Crippen molar-refractivity contribution in [2.75, 3.05) is 6.54 Å². The van der Waals surface area contributed by atoms with Crippen LogP contribution in [0.15, 0.2) is 53.3 Å². The molecule has 2 amide bonds. The van der Waals surface area contributed by atoms with Crippen molar-refractivity contribution < 1.29 is 26.8 Å². The second-order valence-corrected chi connectivity index (χ2v) is 11.4. The van der Waals surface area contributed by atoms with Crippen molar-refractivity contribution in [1.82, 2.24) is 14.1 Å². The molecular formula is C23H22Cl2F2N4O4S. The Morgan fingerprint density at radius 3 is 2.39 bits per heavy atom. The van der Waals surface area contributed by atoms with E-state index in [0.717, 1.165) is 15.3 Å². The third-order valence-corrected chi connectivity index (χ3v) is 8.46. The lowest BCUT2D eigenvalue weighted by atomic mass is 9.98. The van der Waals surface area contributed by atoms with E-state index < -0.39 is 58.1 Å². The van der Waals surface area contributed by atoms with Gasteiger partial charge in [-0.05, 0) is 43.7 Å². The first-order valence-electron chi connectivity index (χ1n) is 10.9. The van der Waals surface area contributed by atoms with E-state index in [1.165, 1.54) is 35.4 Å². The zero-order valence-corrected chi connectivity index (χ0v) is 21.5. The maximum absolute atomic E-state index is 14.5. The van der Waals surface area contributed by atoms with E-state index in [1.807, 2.05) is 0 Å². The van der Waals surface area contributed by atoms with Crippen molar-refractivity contribution in [3.63, 3.8) is 0 Å². The van der Waals surface area contributed by atoms with Gasteiger partial charge in [0.1, 0.15) is 34.4 Å². The Morgan fingerprint density at radius 2 is 1.78 bits per heavy atom. The molecule has 192 valence electrons. The average Bonchev–Trinajstić information content (AvgIpc) is 2.78. The fourth-order valence-electron chi connectivity index (χ4n) is 4.17. The van der Waals surface area contributed by atoms with Gasteiger partial charge in [0.05, 0.1) is 11.6 Å². The van der Waals surface area contributed by atoms with Crippen molar-refractivity contribution in [2.45, 2.75) is 43.3 Å². The largest absolute Gasteiger partial charge is 0.318 e. The molecule has 2 aromatic rings. The molecule has 0 aromatic heterocycles. The standard InChI is InChI=1S/C23H22Cl2F2N4O4S/c1-12(2)29-11-21-30(36(34,35)20-6-4-14(24)8-16(20)25)10-18(28)22(32)31(21)19(23(29)33)7-13-3-5-15(26)9-17(13)27/h3-6,8-9,11-12,18-19H,7,10,28H2,1-2H3. The summed E-state index contributed by atoms with van der Waals surface area (Å²) < 4.78 is 56.3. The highest BCUT2D eigenvalue weighted by Gasteiger charge is 2.49. The monoisotopic (exact) mass is 558 g/mol. The fraction of sp³-hybridized carbons (Fsp3) is 0.304. The van der Waals surface area contributed by atoms with Crippen LogP contribution in [0.5, 0.6) is 0 Å². The molecule has 0 spiro atoms. The Kier molecular flexibility index (Phi) is 7.04. The third-order valence-electron chi connectivity index (χ3n) is 5.97. The number of nitrogens with zero attached hydrogens (tertiary/aromatic N) is 3. The molecule has 0 saturated carbocycles. The van der Waals surface area contributed by atoms with E-state index in [-0.39, 0.29) is 32.7 Å². The summed E-state index contributed by atoms with van der Waals surface area (Å²) in [6.07, 6.45) is 0.926. The number of sulfonamides is 1. The summed E-state index contributed by atoms with van der Waals surface area (Å²) in [5, 5.41) is 0.0820. The van der Waals surface area contributed by atoms with Gasteiger partial charge in [0.15, 0.2) is 0 Å². The lowest BCUT2D eigenvalue weighted by Crippen LogP contribution is -2.66. The van der Waals surface area contributed by atoms with Gasteiger partial charge in [-0.25, -0.2) is 21.5 Å². The van der Waals surface area contributed by atoms with Crippen LogP contribution in [0.25, 0.3) is 0 Å². The van der Waals surface area contributed by atoms with Crippen molar-refractivity contribution in [3.05, 3.63) is 75.7 Å². The van der Waals surface area contributed by atoms with Gasteiger partial charge in [-0.2, -0.15) is 0 Å². The molecule has 0 radical (unpaired) electrons. The number of benzene rings is 2. The highest BCUT2D eigenvalue weighted by atomic mass is 35.5. The molecule has 2 aliphatic heterocycles. The average molecular weight is 559 g/mol. The van der Waals surface area contributed by atoms with Crippen LogP contribution in [0.1, 0.15) is 19.4 Å². The van der Waals surface area contributed by atoms with Gasteiger partial charge in [-0.3, -0.25) is 14.5 Å². The number of hydrogen-bond acceptors (Lipinski definition) is 5. The van der Waals surface area contributed by atoms with Gasteiger partial charge >= 0.3 is 0 Å². The number of halogens is 4. The number of nitrogens with two attached hydrogens (primary N) is 1. The van der Waals surface area contributed by atoms with Crippen LogP contribution >= 0.6 is 23.2 Å². The van der Waals surface area contributed by atoms with Crippen LogP contribution in [-0.4, -0.2) is 59.0 Å². The van der Waals surface area contributed by atoms with Crippen molar-refractivity contribution in [1.29, 1.82) is 0 Å². The minimum Gasteiger partial charge on any atom is -0.318 e. The molecule has 2 aliphatic rings. The van der Waals surface area contributed by atoms with Crippen LogP contribution in [0.3, 0.4) is 0 Å². The van der Waals surface area contributed by atoms with E-state index in [9.17, 15) is 26.8 Å². The third kappa shape index (κ3) is 4.56. The summed E-state index contributed by atoms with van der Waals surface area (Å²) in [5.74, 6) is -3.11. The van der Waals surface area contributed by atoms with Gasteiger partial charge in [0, 0.05) is 29.8 Å². The molecule has 4 rings (SSSR count). The van der Waals surface area contributed by atoms with E-state index >= 15 is 0 Å². The normalized spacial score (nSPS) is 20.7. The number of carbonyl (C=O) groups excluding carboxylic acids is 2. The predicted molar refractivity (Wildman–Crippen MR) is 129 cm³/mol. The Hall–Kier alpha value is -2.73. The Morgan fingerprint density at radius 1 is 1.08 bits per heavy atom. The molecule has 8 nitrogen and oxygen atoms in total. The number of fused-ring (bicyclic) bond motifs is 1. The second-order valence-electron chi connectivity index (χ2n) is 8.71. The molecule has 2 heterocycles. The van der Waals surface area contributed by atoms with Gasteiger partial charge in [0.2, 0.25) is 11.8 Å². The van der Waals surface area contributed by atoms with Gasteiger partial charge < -0.3 is 10.6 Å². The SMILES string of the molecule is CC(C)N1C=C2N(C(=O)C(N)CN2S(=O)(=O)c2ccc(Cl)cc2Cl)C(Cc2ccc(F)cc2F)C1=O. The van der Waals surface area contributed by atoms with Gasteiger partial charge in [-0.1, -0.05) is 29.3 Å². The molecule has 0 aliphatic carbocycles. The Balaban J connectivity index is 1.86. The smallest absolute Gasteiger partial charge is 0.267 e. The second kappa shape index (κ2) is 9.62. The maximum atomic E-state index is 14.5. The van der Waals surface area contributed by atoms with Crippen LogP contribution in [-0.2, 0) is 26.0 Å². The first-order chi connectivity index (χ1) is 16.8. The molecule has 1 saturated heterocycles. The maximum Gasteiger partial charge on any atom is 0.267 e. The lowest BCUT2D eigenvalue weighted by Gasteiger charge is -2.48. The van der Waals surface area contributed by atoms with Crippen LogP contribution in [0.2, 0.25) is 10.0 Å². The number of rotatable bonds is 5. The summed E-state index contributed by atoms with van der Waals surface area (Å²) in [5.41, 5.74) is 6.00. The number of amides is 2. The lowest BCUT2D eigenvalue weighted by molar-refractivity contribution is -0.149. The summed E-state index contributed by atoms with van der Waals surface area (Å²) in [7, 11) is -4.37. The number of hydrogen-bond donors (Lipinski definition) is 1. The molecule has 2 unspecified atom stereocenters. The Bertz CT molecular complexity index is 1390. The number of carbonyl (C=O) groups is 2. The van der Waals surface area contributed by atoms with Crippen molar-refractivity contribution in [2.24, 2.45) is 5.73 Å². The summed E-state index contributed by atoms with van der Waals surface area (Å²) in [6.45, 7) is 2.98. The minimum absolute atomic E-state index is 0.0261. The zero-order valence-electron chi connectivity index (χ0n) is 19.2. The van der Waals surface area contributed by atoms with Gasteiger partial charge in [0.25, 0.3) is 10.0 Å². The van der Waals surface area contributed by atoms with E-state index in [1.54, 1.807) is 13.8 Å². The van der Waals surface area contributed by atoms with Crippen molar-refractivity contribution in [3.8, 4) is 0 Å². The molecule has 2 atom stereocenters. The highest BCUT2D eigenvalue weighted by molar-refractivity contribution is 7.89. The molecule has 36 heavy (non-hydrogen) atoms. The molecular weight excluding hydrogens is 537 g/mol. The van der Waals surface area contributed by atoms with Crippen molar-refractivity contribution >= 4 is 45.0 Å². The fourth-order valence-corrected chi connectivity index (χ4v) is 6.40. The van der Waals surface area contributed by atoms with E-state index in [4.69, 9.17) is 28.9 Å². The zero-order chi connectivity index (χ0) is 26.5. The minimum atomic E-state index is -4.37. The molecule has 13 heteroatoms. The summed E-state index contributed by atoms with van der Waals surface area (Å²) in [6, 6.07) is 3.65. The van der Waals surface area contributed by atoms with Crippen LogP contribution < -0.4 is 5.73 Å². The topological polar surface area (TPSA) is 104 Å². The first kappa shape index (κ1) is 26.3. The molecule has 2 N–H and O–H groups in total. The van der Waals surface area contributed by atoms with E-state index in [2.05, 4.69) is 0 Å².